The van der Waals surface area contributed by atoms with E-state index in [1.54, 1.807) is 43.6 Å². The first-order chi connectivity index (χ1) is 12.6. The van der Waals surface area contributed by atoms with Gasteiger partial charge in [-0.25, -0.2) is 15.0 Å². The lowest BCUT2D eigenvalue weighted by atomic mass is 10.0. The molecule has 3 rings (SSSR count). The van der Waals surface area contributed by atoms with Crippen molar-refractivity contribution < 1.29 is 4.79 Å². The number of nitrogens with zero attached hydrogens (tertiary/aromatic N) is 5. The van der Waals surface area contributed by atoms with Crippen molar-refractivity contribution >= 4 is 11.7 Å². The molecule has 1 aromatic carbocycles. The molecule has 0 aliphatic rings. The molecule has 0 spiro atoms. The number of hydrogen-bond donors (Lipinski definition) is 1. The predicted octanol–water partition coefficient (Wildman–Crippen LogP) is 1.40. The molecule has 8 nitrogen and oxygen atoms in total. The van der Waals surface area contributed by atoms with Crippen LogP contribution in [-0.2, 0) is 7.05 Å². The Morgan fingerprint density at radius 2 is 2.08 bits per heavy atom. The van der Waals surface area contributed by atoms with Gasteiger partial charge >= 0.3 is 0 Å². The number of hydrogen-bond acceptors (Lipinski definition) is 7. The van der Waals surface area contributed by atoms with Crippen molar-refractivity contribution in [3.63, 3.8) is 0 Å². The molecule has 0 saturated heterocycles. The van der Waals surface area contributed by atoms with Crippen molar-refractivity contribution in [3.8, 4) is 17.5 Å². The third kappa shape index (κ3) is 3.47. The van der Waals surface area contributed by atoms with Gasteiger partial charge in [-0.2, -0.15) is 5.26 Å². The van der Waals surface area contributed by atoms with Crippen molar-refractivity contribution in [1.82, 2.24) is 19.5 Å². The summed E-state index contributed by atoms with van der Waals surface area (Å²) in [5, 5.41) is 12.0. The average Bonchev–Trinajstić information content (AvgIpc) is 2.69. The summed E-state index contributed by atoms with van der Waals surface area (Å²) in [6.07, 6.45) is 2.92. The van der Waals surface area contributed by atoms with Crippen LogP contribution in [0.4, 0.5) is 5.95 Å². The van der Waals surface area contributed by atoms with Crippen molar-refractivity contribution in [1.29, 1.82) is 5.26 Å². The number of carbonyl (C=O) groups excluding carboxylic acids is 1. The highest BCUT2D eigenvalue weighted by atomic mass is 16.1. The maximum absolute atomic E-state index is 12.4. The Balaban J connectivity index is 1.86. The molecule has 26 heavy (non-hydrogen) atoms. The first-order valence-corrected chi connectivity index (χ1v) is 7.71. The number of Topliss-reactive ketones (excluding diaryl/α,β-unsaturated/α-hetero) is 1. The number of benzene rings is 1. The zero-order valence-electron chi connectivity index (χ0n) is 13.9. The van der Waals surface area contributed by atoms with Gasteiger partial charge in [-0.15, -0.1) is 0 Å². The number of anilines is 1. The minimum absolute atomic E-state index is 0.105. The van der Waals surface area contributed by atoms with Crippen molar-refractivity contribution in [2.75, 3.05) is 11.9 Å². The second-order valence-corrected chi connectivity index (χ2v) is 5.39. The van der Waals surface area contributed by atoms with Crippen LogP contribution in [0, 0.1) is 11.3 Å². The fraction of sp³-hybridized carbons (Fsp3) is 0.111. The van der Waals surface area contributed by atoms with Gasteiger partial charge < -0.3 is 5.32 Å². The normalized spacial score (nSPS) is 10.2. The van der Waals surface area contributed by atoms with E-state index in [9.17, 15) is 9.59 Å². The molecule has 0 saturated carbocycles. The van der Waals surface area contributed by atoms with Gasteiger partial charge in [0, 0.05) is 24.9 Å². The highest BCUT2D eigenvalue weighted by Crippen LogP contribution is 2.13. The number of nitriles is 1. The van der Waals surface area contributed by atoms with E-state index in [-0.39, 0.29) is 23.8 Å². The van der Waals surface area contributed by atoms with Gasteiger partial charge in [0.25, 0.3) is 5.56 Å². The monoisotopic (exact) mass is 346 g/mol. The molecule has 8 heteroatoms. The van der Waals surface area contributed by atoms with E-state index in [2.05, 4.69) is 20.3 Å². The molecule has 0 aliphatic heterocycles. The summed E-state index contributed by atoms with van der Waals surface area (Å²) in [6.45, 7) is -0.105. The summed E-state index contributed by atoms with van der Waals surface area (Å²) >= 11 is 0. The molecule has 0 radical (unpaired) electrons. The first kappa shape index (κ1) is 17.0. The Kier molecular flexibility index (Phi) is 4.80. The fourth-order valence-corrected chi connectivity index (χ4v) is 2.35. The van der Waals surface area contributed by atoms with Crippen LogP contribution in [0.2, 0.25) is 0 Å². The van der Waals surface area contributed by atoms with E-state index in [4.69, 9.17) is 5.26 Å². The van der Waals surface area contributed by atoms with E-state index < -0.39 is 0 Å². The van der Waals surface area contributed by atoms with Gasteiger partial charge in [-0.3, -0.25) is 14.2 Å². The van der Waals surface area contributed by atoms with Crippen LogP contribution in [0.5, 0.6) is 0 Å². The van der Waals surface area contributed by atoms with Gasteiger partial charge in [-0.1, -0.05) is 18.2 Å². The van der Waals surface area contributed by atoms with Gasteiger partial charge in [0.1, 0.15) is 6.33 Å². The molecule has 128 valence electrons. The molecule has 0 unspecified atom stereocenters. The highest BCUT2D eigenvalue weighted by Gasteiger charge is 2.13. The van der Waals surface area contributed by atoms with E-state index in [0.717, 1.165) is 0 Å². The van der Waals surface area contributed by atoms with Gasteiger partial charge in [0.05, 0.1) is 29.6 Å². The number of ketones is 1. The average molecular weight is 346 g/mol. The lowest BCUT2D eigenvalue weighted by molar-refractivity contribution is 0.101. The van der Waals surface area contributed by atoms with Crippen LogP contribution in [0.15, 0.2) is 53.7 Å². The van der Waals surface area contributed by atoms with Crippen LogP contribution in [0.1, 0.15) is 15.9 Å². The fourth-order valence-electron chi connectivity index (χ4n) is 2.35. The van der Waals surface area contributed by atoms with Gasteiger partial charge in [0.2, 0.25) is 5.95 Å². The predicted molar refractivity (Wildman–Crippen MR) is 94.5 cm³/mol. The minimum atomic E-state index is -0.291. The molecule has 1 N–H and O–H groups in total. The Morgan fingerprint density at radius 1 is 1.27 bits per heavy atom. The van der Waals surface area contributed by atoms with Crippen molar-refractivity contribution in [2.45, 2.75) is 0 Å². The molecule has 2 aromatic heterocycles. The van der Waals surface area contributed by atoms with E-state index in [1.807, 2.05) is 6.07 Å². The summed E-state index contributed by atoms with van der Waals surface area (Å²) in [4.78, 5) is 36.8. The number of carbonyl (C=O) groups is 1. The highest BCUT2D eigenvalue weighted by molar-refractivity contribution is 6.00. The van der Waals surface area contributed by atoms with Crippen LogP contribution < -0.4 is 10.9 Å². The summed E-state index contributed by atoms with van der Waals surface area (Å²) in [5.41, 5.74) is 1.21. The third-order valence-corrected chi connectivity index (χ3v) is 3.73. The molecular weight excluding hydrogens is 332 g/mol. The first-order valence-electron chi connectivity index (χ1n) is 7.71. The Hall–Kier alpha value is -3.86. The van der Waals surface area contributed by atoms with Crippen molar-refractivity contribution in [2.24, 2.45) is 7.05 Å². The molecule has 0 atom stereocenters. The van der Waals surface area contributed by atoms with Crippen LogP contribution in [0.3, 0.4) is 0 Å². The topological polar surface area (TPSA) is 114 Å². The summed E-state index contributed by atoms with van der Waals surface area (Å²) in [7, 11) is 1.55. The summed E-state index contributed by atoms with van der Waals surface area (Å²) < 4.78 is 1.30. The molecule has 2 heterocycles. The van der Waals surface area contributed by atoms with E-state index in [0.29, 0.717) is 22.5 Å². The molecular formula is C18H14N6O2. The van der Waals surface area contributed by atoms with Crippen LogP contribution in [-0.4, -0.2) is 31.8 Å². The maximum atomic E-state index is 12.4. The molecule has 3 aromatic rings. The Labute approximate surface area is 148 Å². The lowest BCUT2D eigenvalue weighted by Gasteiger charge is -2.11. The number of nitrogens with one attached hydrogen (secondary N) is 1. The van der Waals surface area contributed by atoms with Gasteiger partial charge in [-0.05, 0) is 12.1 Å². The van der Waals surface area contributed by atoms with Crippen LogP contribution in [0.25, 0.3) is 11.4 Å². The van der Waals surface area contributed by atoms with Crippen molar-refractivity contribution in [3.05, 3.63) is 70.4 Å². The summed E-state index contributed by atoms with van der Waals surface area (Å²) in [5.74, 6) is -0.0438. The maximum Gasteiger partial charge on any atom is 0.255 e. The zero-order valence-corrected chi connectivity index (χ0v) is 13.9. The molecule has 0 amide bonds. The minimum Gasteiger partial charge on any atom is -0.348 e. The number of aromatic nitrogens is 4. The largest absolute Gasteiger partial charge is 0.348 e. The number of rotatable bonds is 5. The van der Waals surface area contributed by atoms with E-state index in [1.165, 1.54) is 17.0 Å². The molecule has 0 bridgehead atoms. The Morgan fingerprint density at radius 3 is 2.81 bits per heavy atom. The quantitative estimate of drug-likeness (QED) is 0.695. The van der Waals surface area contributed by atoms with E-state index >= 15 is 0 Å². The SMILES string of the molecule is Cn1c(NCC(=O)c2ccccc2C#N)nc(-c2ccncn2)cc1=O. The third-order valence-electron chi connectivity index (χ3n) is 3.73. The zero-order chi connectivity index (χ0) is 18.5. The van der Waals surface area contributed by atoms with Gasteiger partial charge in [0.15, 0.2) is 5.78 Å². The molecule has 0 fully saturated rings. The Bertz CT molecular complexity index is 1050. The summed E-state index contributed by atoms with van der Waals surface area (Å²) in [6, 6.07) is 11.5. The standard InChI is InChI=1S/C18H14N6O2/c1-24-17(26)8-15(14-6-7-20-11-22-14)23-18(24)21-10-16(25)13-5-3-2-4-12(13)9-19/h2-8,11H,10H2,1H3,(H,21,23). The smallest absolute Gasteiger partial charge is 0.255 e. The van der Waals surface area contributed by atoms with Crippen LogP contribution >= 0.6 is 0 Å². The second kappa shape index (κ2) is 7.36. The molecule has 0 aliphatic carbocycles. The lowest BCUT2D eigenvalue weighted by Crippen LogP contribution is -2.25. The second-order valence-electron chi connectivity index (χ2n) is 5.39.